The molecule has 0 amide bonds. The number of aryl methyl sites for hydroxylation is 1. The van der Waals surface area contributed by atoms with Crippen LogP contribution >= 0.6 is 0 Å². The Morgan fingerprint density at radius 1 is 1.08 bits per heavy atom. The number of hydrogen-bond donors (Lipinski definition) is 3. The molecule has 1 unspecified atom stereocenters. The molecule has 0 saturated heterocycles. The van der Waals surface area contributed by atoms with Crippen LogP contribution in [-0.2, 0) is 6.54 Å². The maximum absolute atomic E-state index is 9.35. The average Bonchev–Trinajstić information content (AvgIpc) is 3.11. The van der Waals surface area contributed by atoms with Gasteiger partial charge in [-0.3, -0.25) is 5.10 Å². The molecule has 0 aliphatic rings. The first-order chi connectivity index (χ1) is 12.3. The number of aromatic amines is 1. The Kier molecular flexibility index (Phi) is 5.99. The number of aliphatic hydroxyl groups is 1. The molecule has 0 aliphatic carbocycles. The van der Waals surface area contributed by atoms with Gasteiger partial charge in [0.15, 0.2) is 0 Å². The van der Waals surface area contributed by atoms with E-state index < -0.39 is 0 Å². The van der Waals surface area contributed by atoms with Gasteiger partial charge in [-0.2, -0.15) is 5.10 Å². The lowest BCUT2D eigenvalue weighted by Gasteiger charge is -2.17. The summed E-state index contributed by atoms with van der Waals surface area (Å²) in [6, 6.07) is 18.8. The normalized spacial score (nSPS) is 12.2. The van der Waals surface area contributed by atoms with Crippen molar-refractivity contribution in [3.63, 3.8) is 0 Å². The lowest BCUT2D eigenvalue weighted by Crippen LogP contribution is -2.22. The van der Waals surface area contributed by atoms with Crippen LogP contribution in [-0.4, -0.2) is 28.5 Å². The van der Waals surface area contributed by atoms with Crippen molar-refractivity contribution in [1.82, 2.24) is 15.5 Å². The van der Waals surface area contributed by atoms with Gasteiger partial charge >= 0.3 is 0 Å². The number of benzene rings is 2. The van der Waals surface area contributed by atoms with Crippen LogP contribution in [0.3, 0.4) is 0 Å². The third-order valence-corrected chi connectivity index (χ3v) is 4.51. The first kappa shape index (κ1) is 17.4. The molecule has 0 fully saturated rings. The second-order valence-electron chi connectivity index (χ2n) is 6.39. The van der Waals surface area contributed by atoms with Gasteiger partial charge in [0.2, 0.25) is 0 Å². The second kappa shape index (κ2) is 8.60. The lowest BCUT2D eigenvalue weighted by atomic mass is 9.96. The number of nitrogens with zero attached hydrogens (tertiary/aromatic N) is 1. The van der Waals surface area contributed by atoms with E-state index in [0.29, 0.717) is 5.92 Å². The van der Waals surface area contributed by atoms with Gasteiger partial charge in [-0.25, -0.2) is 0 Å². The number of rotatable bonds is 8. The average molecular weight is 335 g/mol. The van der Waals surface area contributed by atoms with Crippen LogP contribution in [0.25, 0.3) is 11.3 Å². The quantitative estimate of drug-likeness (QED) is 0.589. The molecule has 1 heterocycles. The molecular formula is C21H25N3O. The number of aromatic nitrogens is 2. The smallest absolute Gasteiger partial charge is 0.0695 e. The van der Waals surface area contributed by atoms with Crippen LogP contribution < -0.4 is 5.32 Å². The minimum atomic E-state index is 0.196. The van der Waals surface area contributed by atoms with Crippen LogP contribution in [0.4, 0.5) is 0 Å². The summed E-state index contributed by atoms with van der Waals surface area (Å²) in [6.45, 7) is 3.85. The molecule has 3 aromatic rings. The van der Waals surface area contributed by atoms with Gasteiger partial charge in [0.25, 0.3) is 0 Å². The summed E-state index contributed by atoms with van der Waals surface area (Å²) in [6.07, 6.45) is 2.64. The zero-order valence-corrected chi connectivity index (χ0v) is 14.6. The molecule has 3 N–H and O–H groups in total. The summed E-state index contributed by atoms with van der Waals surface area (Å²) in [5.41, 5.74) is 5.87. The van der Waals surface area contributed by atoms with Gasteiger partial charge < -0.3 is 10.4 Å². The minimum Gasteiger partial charge on any atom is -0.396 e. The van der Waals surface area contributed by atoms with E-state index in [4.69, 9.17) is 0 Å². The van der Waals surface area contributed by atoms with Crippen molar-refractivity contribution >= 4 is 0 Å². The van der Waals surface area contributed by atoms with Crippen LogP contribution in [0.15, 0.2) is 60.8 Å². The zero-order chi connectivity index (χ0) is 17.5. The van der Waals surface area contributed by atoms with Crippen LogP contribution in [0, 0.1) is 6.92 Å². The molecule has 3 rings (SSSR count). The maximum atomic E-state index is 9.35. The Balaban J connectivity index is 1.64. The van der Waals surface area contributed by atoms with Crippen molar-refractivity contribution in [2.24, 2.45) is 0 Å². The summed E-state index contributed by atoms with van der Waals surface area (Å²) in [4.78, 5) is 0. The molecule has 0 aliphatic heterocycles. The van der Waals surface area contributed by atoms with Gasteiger partial charge in [-0.05, 0) is 30.4 Å². The van der Waals surface area contributed by atoms with Crippen molar-refractivity contribution < 1.29 is 5.11 Å². The van der Waals surface area contributed by atoms with E-state index in [2.05, 4.69) is 58.8 Å². The van der Waals surface area contributed by atoms with E-state index in [1.54, 1.807) is 0 Å². The fourth-order valence-corrected chi connectivity index (χ4v) is 3.06. The molecule has 130 valence electrons. The van der Waals surface area contributed by atoms with Crippen molar-refractivity contribution in [1.29, 1.82) is 0 Å². The SMILES string of the molecule is Cc1ccc(-c2[nH]ncc2CNCC(CCO)c2ccccc2)cc1. The van der Waals surface area contributed by atoms with E-state index in [9.17, 15) is 5.11 Å². The number of H-pyrrole nitrogens is 1. The van der Waals surface area contributed by atoms with Gasteiger partial charge in [0.1, 0.15) is 0 Å². The Morgan fingerprint density at radius 3 is 2.56 bits per heavy atom. The van der Waals surface area contributed by atoms with E-state index in [-0.39, 0.29) is 6.61 Å². The van der Waals surface area contributed by atoms with Gasteiger partial charge in [0, 0.05) is 25.3 Å². The van der Waals surface area contributed by atoms with Crippen molar-refractivity contribution in [2.75, 3.05) is 13.2 Å². The van der Waals surface area contributed by atoms with Gasteiger partial charge in [-0.15, -0.1) is 0 Å². The predicted molar refractivity (Wildman–Crippen MR) is 101 cm³/mol. The number of nitrogens with one attached hydrogen (secondary N) is 2. The van der Waals surface area contributed by atoms with Crippen LogP contribution in [0.5, 0.6) is 0 Å². The standard InChI is InChI=1S/C21H25N3O/c1-16-7-9-18(10-8-16)21-20(15-23-24-21)14-22-13-19(11-12-25)17-5-3-2-4-6-17/h2-10,15,19,22,25H,11-14H2,1H3,(H,23,24). The van der Waals surface area contributed by atoms with Crippen molar-refractivity contribution in [3.8, 4) is 11.3 Å². The molecule has 4 heteroatoms. The number of hydrogen-bond acceptors (Lipinski definition) is 3. The maximum Gasteiger partial charge on any atom is 0.0695 e. The molecule has 0 saturated carbocycles. The summed E-state index contributed by atoms with van der Waals surface area (Å²) in [5.74, 6) is 0.306. The van der Waals surface area contributed by atoms with E-state index >= 15 is 0 Å². The lowest BCUT2D eigenvalue weighted by molar-refractivity contribution is 0.273. The van der Waals surface area contributed by atoms with E-state index in [1.807, 2.05) is 24.4 Å². The Labute approximate surface area is 148 Å². The monoisotopic (exact) mass is 335 g/mol. The third-order valence-electron chi connectivity index (χ3n) is 4.51. The number of aliphatic hydroxyl groups excluding tert-OH is 1. The summed E-state index contributed by atoms with van der Waals surface area (Å²) in [7, 11) is 0. The largest absolute Gasteiger partial charge is 0.396 e. The molecule has 1 aromatic heterocycles. The Hall–Kier alpha value is -2.43. The van der Waals surface area contributed by atoms with Crippen LogP contribution in [0.1, 0.15) is 29.0 Å². The Morgan fingerprint density at radius 2 is 1.84 bits per heavy atom. The topological polar surface area (TPSA) is 60.9 Å². The fourth-order valence-electron chi connectivity index (χ4n) is 3.06. The minimum absolute atomic E-state index is 0.196. The van der Waals surface area contributed by atoms with Gasteiger partial charge in [-0.1, -0.05) is 60.2 Å². The zero-order valence-electron chi connectivity index (χ0n) is 14.6. The van der Waals surface area contributed by atoms with Crippen molar-refractivity contribution in [2.45, 2.75) is 25.8 Å². The first-order valence-electron chi connectivity index (χ1n) is 8.73. The summed E-state index contributed by atoms with van der Waals surface area (Å²) < 4.78 is 0. The van der Waals surface area contributed by atoms with Crippen molar-refractivity contribution in [3.05, 3.63) is 77.5 Å². The fraction of sp³-hybridized carbons (Fsp3) is 0.286. The molecule has 25 heavy (non-hydrogen) atoms. The first-order valence-corrected chi connectivity index (χ1v) is 8.73. The highest BCUT2D eigenvalue weighted by Gasteiger charge is 2.12. The molecule has 0 radical (unpaired) electrons. The molecule has 0 bridgehead atoms. The molecule has 4 nitrogen and oxygen atoms in total. The molecular weight excluding hydrogens is 310 g/mol. The Bertz CT molecular complexity index is 765. The summed E-state index contributed by atoms with van der Waals surface area (Å²) in [5, 5.41) is 20.2. The highest BCUT2D eigenvalue weighted by atomic mass is 16.3. The molecule has 0 spiro atoms. The second-order valence-corrected chi connectivity index (χ2v) is 6.39. The van der Waals surface area contributed by atoms with E-state index in [0.717, 1.165) is 36.3 Å². The molecule has 2 aromatic carbocycles. The van der Waals surface area contributed by atoms with Gasteiger partial charge in [0.05, 0.1) is 11.9 Å². The highest BCUT2D eigenvalue weighted by Crippen LogP contribution is 2.22. The summed E-state index contributed by atoms with van der Waals surface area (Å²) >= 11 is 0. The van der Waals surface area contributed by atoms with E-state index in [1.165, 1.54) is 11.1 Å². The molecule has 1 atom stereocenters. The highest BCUT2D eigenvalue weighted by molar-refractivity contribution is 5.62. The third kappa shape index (κ3) is 4.56. The van der Waals surface area contributed by atoms with Crippen LogP contribution in [0.2, 0.25) is 0 Å². The predicted octanol–water partition coefficient (Wildman–Crippen LogP) is 3.64.